The molecule has 0 amide bonds. The van der Waals surface area contributed by atoms with E-state index < -0.39 is 0 Å². The highest BCUT2D eigenvalue weighted by molar-refractivity contribution is 5.89. The Morgan fingerprint density at radius 2 is 1.40 bits per heavy atom. The lowest BCUT2D eigenvalue weighted by Crippen LogP contribution is -1.99. The fraction of sp³-hybridized carbons (Fsp3) is 0.130. The maximum absolute atomic E-state index is 11.0. The second-order valence-electron chi connectivity index (χ2n) is 6.60. The van der Waals surface area contributed by atoms with E-state index in [9.17, 15) is 5.11 Å². The van der Waals surface area contributed by atoms with Crippen LogP contribution in [-0.2, 0) is 12.8 Å². The number of hydrogen-bond donors (Lipinski definition) is 2. The number of aromatic nitrogens is 1. The van der Waals surface area contributed by atoms with Gasteiger partial charge in [0.2, 0.25) is 0 Å². The van der Waals surface area contributed by atoms with E-state index in [0.29, 0.717) is 5.75 Å². The third-order valence-corrected chi connectivity index (χ3v) is 4.69. The molecule has 0 fully saturated rings. The summed E-state index contributed by atoms with van der Waals surface area (Å²) in [6.07, 6.45) is 1.54. The summed E-state index contributed by atoms with van der Waals surface area (Å²) in [5, 5.41) is 11.9. The molecule has 0 radical (unpaired) electrons. The fourth-order valence-electron chi connectivity index (χ4n) is 3.47. The first-order valence-corrected chi connectivity index (χ1v) is 8.61. The lowest BCUT2D eigenvalue weighted by atomic mass is 9.93. The van der Waals surface area contributed by atoms with Crippen molar-refractivity contribution < 1.29 is 5.11 Å². The Kier molecular flexibility index (Phi) is 4.02. The largest absolute Gasteiger partial charge is 0.507 e. The number of nitrogens with one attached hydrogen (secondary N) is 1. The third-order valence-electron chi connectivity index (χ3n) is 4.69. The predicted octanol–water partition coefficient (Wildman–Crippen LogP) is 5.36. The second-order valence-corrected chi connectivity index (χ2v) is 6.60. The van der Waals surface area contributed by atoms with Gasteiger partial charge in [-0.05, 0) is 42.2 Å². The average Bonchev–Trinajstić information content (AvgIpc) is 3.01. The summed E-state index contributed by atoms with van der Waals surface area (Å²) in [4.78, 5) is 3.36. The molecule has 3 aromatic carbocycles. The summed E-state index contributed by atoms with van der Waals surface area (Å²) < 4.78 is 0. The number of aromatic amines is 1. The number of fused-ring (bicyclic) bond motifs is 1. The van der Waals surface area contributed by atoms with Crippen molar-refractivity contribution >= 4 is 10.9 Å². The molecule has 0 saturated heterocycles. The number of phenolic OH excluding ortho intramolecular Hbond substituents is 1. The molecule has 2 heteroatoms. The lowest BCUT2D eigenvalue weighted by Gasteiger charge is -2.13. The molecule has 0 unspecified atom stereocenters. The van der Waals surface area contributed by atoms with Crippen molar-refractivity contribution in [2.45, 2.75) is 19.8 Å². The number of rotatable bonds is 4. The van der Waals surface area contributed by atoms with Crippen LogP contribution < -0.4 is 0 Å². The van der Waals surface area contributed by atoms with E-state index in [0.717, 1.165) is 35.0 Å². The minimum atomic E-state index is 0.400. The highest BCUT2D eigenvalue weighted by Gasteiger charge is 2.15. The molecule has 1 heterocycles. The Morgan fingerprint density at radius 3 is 2.04 bits per heavy atom. The van der Waals surface area contributed by atoms with Gasteiger partial charge >= 0.3 is 0 Å². The first-order valence-electron chi connectivity index (χ1n) is 8.61. The van der Waals surface area contributed by atoms with E-state index in [1.165, 1.54) is 16.7 Å². The highest BCUT2D eigenvalue weighted by Crippen LogP contribution is 2.35. The van der Waals surface area contributed by atoms with E-state index in [-0.39, 0.29) is 0 Å². The monoisotopic (exact) mass is 327 g/mol. The molecule has 0 aliphatic carbocycles. The Hall–Kier alpha value is -3.00. The molecule has 124 valence electrons. The molecule has 0 bridgehead atoms. The zero-order chi connectivity index (χ0) is 17.2. The summed E-state index contributed by atoms with van der Waals surface area (Å²) in [6.45, 7) is 2.02. The molecule has 0 spiro atoms. The SMILES string of the molecule is Cc1cc2c(O)c(Cc3ccccc3)c(Cc3ccccc3)cc2[nH]1. The first-order chi connectivity index (χ1) is 12.2. The van der Waals surface area contributed by atoms with Crippen molar-refractivity contribution in [2.75, 3.05) is 0 Å². The normalized spacial score (nSPS) is 11.1. The van der Waals surface area contributed by atoms with Crippen LogP contribution >= 0.6 is 0 Å². The van der Waals surface area contributed by atoms with E-state index in [1.807, 2.05) is 37.3 Å². The van der Waals surface area contributed by atoms with Gasteiger partial charge < -0.3 is 10.1 Å². The van der Waals surface area contributed by atoms with Gasteiger partial charge in [0.15, 0.2) is 0 Å². The fourth-order valence-corrected chi connectivity index (χ4v) is 3.47. The Bertz CT molecular complexity index is 1000. The quantitative estimate of drug-likeness (QED) is 0.520. The zero-order valence-corrected chi connectivity index (χ0v) is 14.3. The average molecular weight is 327 g/mol. The van der Waals surface area contributed by atoms with Crippen LogP contribution in [0.15, 0.2) is 72.8 Å². The van der Waals surface area contributed by atoms with Gasteiger partial charge in [0.25, 0.3) is 0 Å². The van der Waals surface area contributed by atoms with Crippen molar-refractivity contribution in [1.82, 2.24) is 4.98 Å². The molecule has 0 aliphatic heterocycles. The molecule has 4 rings (SSSR count). The summed E-state index contributed by atoms with van der Waals surface area (Å²) in [6, 6.07) is 24.9. The zero-order valence-electron chi connectivity index (χ0n) is 14.3. The molecule has 0 atom stereocenters. The van der Waals surface area contributed by atoms with Crippen molar-refractivity contribution in [3.8, 4) is 5.75 Å². The minimum absolute atomic E-state index is 0.400. The number of aromatic hydroxyl groups is 1. The van der Waals surface area contributed by atoms with Gasteiger partial charge in [-0.15, -0.1) is 0 Å². The van der Waals surface area contributed by atoms with Crippen LogP contribution in [0.5, 0.6) is 5.75 Å². The maximum atomic E-state index is 11.0. The van der Waals surface area contributed by atoms with Crippen molar-refractivity contribution in [2.24, 2.45) is 0 Å². The molecule has 2 nitrogen and oxygen atoms in total. The Labute approximate surface area is 147 Å². The lowest BCUT2D eigenvalue weighted by molar-refractivity contribution is 0.475. The molecule has 0 aliphatic rings. The molecule has 25 heavy (non-hydrogen) atoms. The van der Waals surface area contributed by atoms with Crippen LogP contribution in [0.4, 0.5) is 0 Å². The highest BCUT2D eigenvalue weighted by atomic mass is 16.3. The van der Waals surface area contributed by atoms with E-state index in [2.05, 4.69) is 47.4 Å². The number of hydrogen-bond acceptors (Lipinski definition) is 1. The second kappa shape index (κ2) is 6.48. The molecular formula is C23H21NO. The predicted molar refractivity (Wildman–Crippen MR) is 103 cm³/mol. The number of phenols is 1. The van der Waals surface area contributed by atoms with Gasteiger partial charge in [0.05, 0.1) is 0 Å². The number of aryl methyl sites for hydroxylation is 1. The smallest absolute Gasteiger partial charge is 0.128 e. The summed E-state index contributed by atoms with van der Waals surface area (Å²) in [5.41, 5.74) is 6.70. The van der Waals surface area contributed by atoms with Gasteiger partial charge in [-0.1, -0.05) is 60.7 Å². The van der Waals surface area contributed by atoms with E-state index >= 15 is 0 Å². The van der Waals surface area contributed by atoms with Crippen molar-refractivity contribution in [1.29, 1.82) is 0 Å². The van der Waals surface area contributed by atoms with E-state index in [4.69, 9.17) is 0 Å². The summed E-state index contributed by atoms with van der Waals surface area (Å²) >= 11 is 0. The minimum Gasteiger partial charge on any atom is -0.507 e. The van der Waals surface area contributed by atoms with Gasteiger partial charge in [0, 0.05) is 28.6 Å². The molecule has 2 N–H and O–H groups in total. The number of H-pyrrole nitrogens is 1. The summed E-state index contributed by atoms with van der Waals surface area (Å²) in [5.74, 6) is 0.400. The molecule has 1 aromatic heterocycles. The van der Waals surface area contributed by atoms with Crippen LogP contribution in [0.3, 0.4) is 0 Å². The standard InChI is InChI=1S/C23H21NO/c1-16-12-21-22(24-16)15-19(13-17-8-4-2-5-9-17)20(23(21)25)14-18-10-6-3-7-11-18/h2-12,15,24-25H,13-14H2,1H3. The summed E-state index contributed by atoms with van der Waals surface area (Å²) in [7, 11) is 0. The van der Waals surface area contributed by atoms with Gasteiger partial charge in [0.1, 0.15) is 5.75 Å². The van der Waals surface area contributed by atoms with Crippen molar-refractivity contribution in [3.05, 3.63) is 101 Å². The Morgan fingerprint density at radius 1 is 0.800 bits per heavy atom. The third kappa shape index (κ3) is 3.16. The van der Waals surface area contributed by atoms with Crippen LogP contribution in [0.1, 0.15) is 27.9 Å². The van der Waals surface area contributed by atoms with Crippen LogP contribution in [0, 0.1) is 6.92 Å². The van der Waals surface area contributed by atoms with Crippen molar-refractivity contribution in [3.63, 3.8) is 0 Å². The topological polar surface area (TPSA) is 36.0 Å². The maximum Gasteiger partial charge on any atom is 0.128 e. The molecule has 4 aromatic rings. The molecular weight excluding hydrogens is 306 g/mol. The van der Waals surface area contributed by atoms with Crippen LogP contribution in [0.25, 0.3) is 10.9 Å². The first kappa shape index (κ1) is 15.5. The van der Waals surface area contributed by atoms with Gasteiger partial charge in [-0.3, -0.25) is 0 Å². The van der Waals surface area contributed by atoms with Gasteiger partial charge in [-0.25, -0.2) is 0 Å². The molecule has 0 saturated carbocycles. The Balaban J connectivity index is 1.84. The number of benzene rings is 3. The van der Waals surface area contributed by atoms with E-state index in [1.54, 1.807) is 0 Å². The van der Waals surface area contributed by atoms with Crippen LogP contribution in [0.2, 0.25) is 0 Å². The van der Waals surface area contributed by atoms with Crippen LogP contribution in [-0.4, -0.2) is 10.1 Å². The van der Waals surface area contributed by atoms with Gasteiger partial charge in [-0.2, -0.15) is 0 Å².